The number of rotatable bonds is 12. The van der Waals surface area contributed by atoms with Crippen LogP contribution >= 0.6 is 0 Å². The molecule has 0 atom stereocenters. The SMILES string of the molecule is CCCCC(=O)CC(=O)[O-].CCCCC(=O)CC(=O)[O-].CCCO.CCCO.[Ti+2]. The predicted octanol–water partition coefficient (Wildman–Crippen LogP) is 0.546. The minimum Gasteiger partial charge on any atom is -0.550 e. The van der Waals surface area contributed by atoms with Crippen molar-refractivity contribution in [2.24, 2.45) is 0 Å². The largest absolute Gasteiger partial charge is 2.00 e. The third-order valence-corrected chi connectivity index (χ3v) is 2.75. The summed E-state index contributed by atoms with van der Waals surface area (Å²) in [6, 6.07) is 0. The Labute approximate surface area is 190 Å². The van der Waals surface area contributed by atoms with E-state index in [2.05, 4.69) is 0 Å². The van der Waals surface area contributed by atoms with Crippen molar-refractivity contribution in [3.8, 4) is 0 Å². The average molecular weight is 454 g/mol. The summed E-state index contributed by atoms with van der Waals surface area (Å²) in [5, 5.41) is 35.4. The van der Waals surface area contributed by atoms with Gasteiger partial charge in [-0.25, -0.2) is 0 Å². The Kier molecular flexibility index (Phi) is 45.7. The van der Waals surface area contributed by atoms with Crippen molar-refractivity contribution in [2.75, 3.05) is 13.2 Å². The third-order valence-electron chi connectivity index (χ3n) is 2.75. The van der Waals surface area contributed by atoms with Crippen LogP contribution in [0, 0.1) is 0 Å². The Hall–Kier alpha value is -1.09. The standard InChI is InChI=1S/2C7H12O3.2C3H8O.Ti/c2*1-2-3-4-6(8)5-7(9)10;2*1-2-3-4;/h2*2-5H2,1H3,(H,9,10);2*4H,2-3H2,1H3;/q;;;;+2/p-2. The Morgan fingerprint density at radius 1 is 0.621 bits per heavy atom. The van der Waals surface area contributed by atoms with Gasteiger partial charge in [-0.3, -0.25) is 9.59 Å². The van der Waals surface area contributed by atoms with Crippen molar-refractivity contribution in [1.29, 1.82) is 0 Å². The van der Waals surface area contributed by atoms with Crippen LogP contribution in [0.4, 0.5) is 0 Å². The third kappa shape index (κ3) is 58.4. The van der Waals surface area contributed by atoms with Gasteiger partial charge in [0.05, 0.1) is 0 Å². The molecule has 0 amide bonds. The van der Waals surface area contributed by atoms with Crippen LogP contribution < -0.4 is 10.2 Å². The number of carbonyl (C=O) groups excluding carboxylic acids is 4. The molecule has 0 aliphatic heterocycles. The number of aliphatic hydroxyl groups excluding tert-OH is 2. The van der Waals surface area contributed by atoms with E-state index in [1.807, 2.05) is 27.7 Å². The molecule has 0 radical (unpaired) electrons. The summed E-state index contributed by atoms with van der Waals surface area (Å²) in [4.78, 5) is 40.9. The van der Waals surface area contributed by atoms with E-state index >= 15 is 0 Å². The van der Waals surface area contributed by atoms with E-state index in [-0.39, 0.29) is 33.3 Å². The van der Waals surface area contributed by atoms with Crippen molar-refractivity contribution >= 4 is 23.5 Å². The first-order valence-electron chi connectivity index (χ1n) is 9.81. The number of hydrogen-bond donors (Lipinski definition) is 2. The number of ketones is 2. The second-order valence-electron chi connectivity index (χ2n) is 5.83. The van der Waals surface area contributed by atoms with E-state index in [1.54, 1.807) is 0 Å². The number of aliphatic carboxylic acids is 2. The fourth-order valence-corrected chi connectivity index (χ4v) is 1.25. The molecule has 8 nitrogen and oxygen atoms in total. The normalized spacial score (nSPS) is 8.48. The average Bonchev–Trinajstić information content (AvgIpc) is 2.64. The number of aliphatic hydroxyl groups is 2. The molecule has 0 aliphatic rings. The van der Waals surface area contributed by atoms with Gasteiger partial charge in [-0.1, -0.05) is 40.5 Å². The Morgan fingerprint density at radius 2 is 0.862 bits per heavy atom. The number of Topliss-reactive ketones (excluding diaryl/α,β-unsaturated/α-hetero) is 2. The van der Waals surface area contributed by atoms with E-state index in [9.17, 15) is 29.4 Å². The van der Waals surface area contributed by atoms with Crippen LogP contribution in [0.2, 0.25) is 0 Å². The molecule has 0 aromatic carbocycles. The van der Waals surface area contributed by atoms with Crippen molar-refractivity contribution in [3.05, 3.63) is 0 Å². The molecule has 0 bridgehead atoms. The second-order valence-corrected chi connectivity index (χ2v) is 5.83. The van der Waals surface area contributed by atoms with E-state index in [0.717, 1.165) is 38.5 Å². The van der Waals surface area contributed by atoms with Crippen molar-refractivity contribution in [2.45, 2.75) is 91.9 Å². The summed E-state index contributed by atoms with van der Waals surface area (Å²) in [5.74, 6) is -3.02. The van der Waals surface area contributed by atoms with E-state index in [0.29, 0.717) is 26.1 Å². The number of hydrogen-bond acceptors (Lipinski definition) is 8. The number of carbonyl (C=O) groups is 4. The fraction of sp³-hybridized carbons (Fsp3) is 0.800. The Bertz CT molecular complexity index is 347. The summed E-state index contributed by atoms with van der Waals surface area (Å²) in [5.41, 5.74) is 0. The maximum absolute atomic E-state index is 10.6. The molecule has 170 valence electrons. The molecule has 0 unspecified atom stereocenters. The van der Waals surface area contributed by atoms with Gasteiger partial charge in [0, 0.05) is 50.8 Å². The quantitative estimate of drug-likeness (QED) is 0.320. The molecule has 0 fully saturated rings. The molecule has 0 rings (SSSR count). The first-order valence-corrected chi connectivity index (χ1v) is 9.81. The Morgan fingerprint density at radius 3 is 1.00 bits per heavy atom. The van der Waals surface area contributed by atoms with Crippen LogP contribution in [-0.2, 0) is 40.9 Å². The van der Waals surface area contributed by atoms with Crippen LogP contribution in [0.5, 0.6) is 0 Å². The zero-order valence-corrected chi connectivity index (χ0v) is 19.9. The zero-order valence-electron chi connectivity index (χ0n) is 18.3. The van der Waals surface area contributed by atoms with Gasteiger partial charge >= 0.3 is 21.7 Å². The maximum Gasteiger partial charge on any atom is 2.00 e. The van der Waals surface area contributed by atoms with Crippen molar-refractivity contribution in [3.63, 3.8) is 0 Å². The van der Waals surface area contributed by atoms with Gasteiger partial charge in [-0.05, 0) is 25.7 Å². The van der Waals surface area contributed by atoms with Crippen LogP contribution in [0.15, 0.2) is 0 Å². The molecule has 9 heteroatoms. The summed E-state index contributed by atoms with van der Waals surface area (Å²) >= 11 is 0. The molecule has 0 saturated carbocycles. The molecule has 0 aromatic heterocycles. The van der Waals surface area contributed by atoms with Crippen molar-refractivity contribution < 1.29 is 61.3 Å². The maximum atomic E-state index is 10.6. The Balaban J connectivity index is -0.0000000950. The number of carboxylic acids is 2. The minimum atomic E-state index is -1.28. The van der Waals surface area contributed by atoms with Crippen LogP contribution in [0.1, 0.15) is 91.9 Å². The molecular formula is C20H38O8Ti. The van der Waals surface area contributed by atoms with Crippen LogP contribution in [0.3, 0.4) is 0 Å². The van der Waals surface area contributed by atoms with Crippen LogP contribution in [0.25, 0.3) is 0 Å². The van der Waals surface area contributed by atoms with E-state index < -0.39 is 24.8 Å². The smallest absolute Gasteiger partial charge is 0.550 e. The van der Waals surface area contributed by atoms with Gasteiger partial charge in [0.25, 0.3) is 0 Å². The molecule has 0 spiro atoms. The van der Waals surface area contributed by atoms with Crippen LogP contribution in [-0.4, -0.2) is 46.9 Å². The molecule has 29 heavy (non-hydrogen) atoms. The molecule has 0 aromatic rings. The van der Waals surface area contributed by atoms with E-state index in [1.165, 1.54) is 0 Å². The summed E-state index contributed by atoms with van der Waals surface area (Å²) in [6.07, 6.45) is 4.99. The van der Waals surface area contributed by atoms with E-state index in [4.69, 9.17) is 10.2 Å². The molecule has 0 aliphatic carbocycles. The fourth-order valence-electron chi connectivity index (χ4n) is 1.25. The monoisotopic (exact) mass is 454 g/mol. The first kappa shape index (κ1) is 38.5. The molecule has 0 heterocycles. The first-order chi connectivity index (χ1) is 13.2. The second kappa shape index (κ2) is 34.4. The van der Waals surface area contributed by atoms with Gasteiger partial charge in [0.1, 0.15) is 11.6 Å². The zero-order chi connectivity index (χ0) is 22.8. The van der Waals surface area contributed by atoms with Crippen molar-refractivity contribution in [1.82, 2.24) is 0 Å². The topological polar surface area (TPSA) is 155 Å². The van der Waals surface area contributed by atoms with Gasteiger partial charge in [0.2, 0.25) is 0 Å². The molecule has 2 N–H and O–H groups in total. The molecular weight excluding hydrogens is 416 g/mol. The number of unbranched alkanes of at least 4 members (excludes halogenated alkanes) is 2. The number of carboxylic acid groups (broad SMARTS) is 2. The van der Waals surface area contributed by atoms with Gasteiger partial charge in [-0.15, -0.1) is 0 Å². The predicted molar refractivity (Wildman–Crippen MR) is 103 cm³/mol. The van der Waals surface area contributed by atoms with Gasteiger partial charge in [0.15, 0.2) is 0 Å². The summed E-state index contributed by atoms with van der Waals surface area (Å²) in [6.45, 7) is 8.40. The summed E-state index contributed by atoms with van der Waals surface area (Å²) in [7, 11) is 0. The minimum absolute atomic E-state index is 0. The van der Waals surface area contributed by atoms with Gasteiger partial charge in [-0.2, -0.15) is 0 Å². The molecule has 0 saturated heterocycles. The summed E-state index contributed by atoms with van der Waals surface area (Å²) < 4.78 is 0. The van der Waals surface area contributed by atoms with Gasteiger partial charge < -0.3 is 30.0 Å².